The largest absolute Gasteiger partial charge is 0.493 e. The molecule has 0 amide bonds. The van der Waals surface area contributed by atoms with Crippen molar-refractivity contribution >= 4 is 5.97 Å². The van der Waals surface area contributed by atoms with E-state index in [0.29, 0.717) is 18.9 Å². The lowest BCUT2D eigenvalue weighted by atomic mass is 10.1. The van der Waals surface area contributed by atoms with Gasteiger partial charge in [0, 0.05) is 0 Å². The Hall–Kier alpha value is -2.33. The van der Waals surface area contributed by atoms with Crippen LogP contribution in [0.3, 0.4) is 0 Å². The number of ether oxygens (including phenoxy) is 2. The molecule has 0 radical (unpaired) electrons. The lowest BCUT2D eigenvalue weighted by molar-refractivity contribution is -0.146. The second kappa shape index (κ2) is 9.08. The standard InChI is InChI=1S/C20H25NO3/c1-15(2)13-23-18-10-8-16(9-11-18)12-19(21)20(22)24-14-17-6-4-3-5-7-17/h3-11,15,19H,12-14,21H2,1-2H3. The second-order valence-corrected chi connectivity index (χ2v) is 6.25. The van der Waals surface area contributed by atoms with Gasteiger partial charge in [0.15, 0.2) is 0 Å². The first kappa shape index (κ1) is 18.0. The molecule has 4 nitrogen and oxygen atoms in total. The van der Waals surface area contributed by atoms with Crippen LogP contribution in [0.15, 0.2) is 54.6 Å². The fraction of sp³-hybridized carbons (Fsp3) is 0.350. The smallest absolute Gasteiger partial charge is 0.323 e. The van der Waals surface area contributed by atoms with Gasteiger partial charge >= 0.3 is 5.97 Å². The number of carbonyl (C=O) groups is 1. The first-order valence-corrected chi connectivity index (χ1v) is 8.22. The molecule has 0 aliphatic rings. The number of nitrogens with two attached hydrogens (primary N) is 1. The van der Waals surface area contributed by atoms with E-state index in [9.17, 15) is 4.79 Å². The van der Waals surface area contributed by atoms with E-state index >= 15 is 0 Å². The van der Waals surface area contributed by atoms with Crippen molar-refractivity contribution in [1.82, 2.24) is 0 Å². The van der Waals surface area contributed by atoms with E-state index in [2.05, 4.69) is 13.8 Å². The Bertz CT molecular complexity index is 623. The maximum absolute atomic E-state index is 12.0. The maximum atomic E-state index is 12.0. The average Bonchev–Trinajstić information content (AvgIpc) is 2.59. The van der Waals surface area contributed by atoms with Gasteiger partial charge in [0.2, 0.25) is 0 Å². The summed E-state index contributed by atoms with van der Waals surface area (Å²) in [5, 5.41) is 0. The van der Waals surface area contributed by atoms with Gasteiger partial charge < -0.3 is 15.2 Å². The molecule has 4 heteroatoms. The average molecular weight is 327 g/mol. The monoisotopic (exact) mass is 327 g/mol. The molecule has 0 heterocycles. The van der Waals surface area contributed by atoms with E-state index in [0.717, 1.165) is 16.9 Å². The topological polar surface area (TPSA) is 61.5 Å². The van der Waals surface area contributed by atoms with Crippen LogP contribution in [0, 0.1) is 5.92 Å². The molecule has 0 saturated carbocycles. The Morgan fingerprint density at radius 2 is 1.67 bits per heavy atom. The minimum atomic E-state index is -0.670. The Balaban J connectivity index is 1.80. The Kier molecular flexibility index (Phi) is 6.82. The molecule has 2 N–H and O–H groups in total. The van der Waals surface area contributed by atoms with Crippen LogP contribution in [0.1, 0.15) is 25.0 Å². The van der Waals surface area contributed by atoms with Gasteiger partial charge in [-0.1, -0.05) is 56.3 Å². The summed E-state index contributed by atoms with van der Waals surface area (Å²) < 4.78 is 10.9. The molecular formula is C20H25NO3. The number of rotatable bonds is 8. The van der Waals surface area contributed by atoms with E-state index in [4.69, 9.17) is 15.2 Å². The van der Waals surface area contributed by atoms with Crippen molar-refractivity contribution in [3.8, 4) is 5.75 Å². The molecule has 0 fully saturated rings. The van der Waals surface area contributed by atoms with Crippen molar-refractivity contribution in [3.05, 3.63) is 65.7 Å². The molecule has 0 saturated heterocycles. The van der Waals surface area contributed by atoms with Gasteiger partial charge in [-0.25, -0.2) is 0 Å². The summed E-state index contributed by atoms with van der Waals surface area (Å²) in [6.07, 6.45) is 0.443. The molecular weight excluding hydrogens is 302 g/mol. The van der Waals surface area contributed by atoms with E-state index in [1.165, 1.54) is 0 Å². The predicted molar refractivity (Wildman–Crippen MR) is 94.7 cm³/mol. The van der Waals surface area contributed by atoms with Gasteiger partial charge in [0.25, 0.3) is 0 Å². The molecule has 1 unspecified atom stereocenters. The van der Waals surface area contributed by atoms with Crippen LogP contribution in [0.4, 0.5) is 0 Å². The quantitative estimate of drug-likeness (QED) is 0.756. The van der Waals surface area contributed by atoms with Gasteiger partial charge in [0.1, 0.15) is 18.4 Å². The summed E-state index contributed by atoms with van der Waals surface area (Å²) in [4.78, 5) is 12.0. The van der Waals surface area contributed by atoms with Gasteiger partial charge in [-0.3, -0.25) is 4.79 Å². The highest BCUT2D eigenvalue weighted by Gasteiger charge is 2.15. The maximum Gasteiger partial charge on any atom is 0.323 e. The van der Waals surface area contributed by atoms with Gasteiger partial charge in [0.05, 0.1) is 6.61 Å². The first-order valence-electron chi connectivity index (χ1n) is 8.22. The van der Waals surface area contributed by atoms with E-state index in [-0.39, 0.29) is 12.6 Å². The fourth-order valence-electron chi connectivity index (χ4n) is 2.16. The van der Waals surface area contributed by atoms with Crippen LogP contribution in [0.25, 0.3) is 0 Å². The molecule has 24 heavy (non-hydrogen) atoms. The van der Waals surface area contributed by atoms with Gasteiger partial charge in [-0.05, 0) is 35.6 Å². The molecule has 128 valence electrons. The van der Waals surface area contributed by atoms with Gasteiger partial charge in [-0.15, -0.1) is 0 Å². The van der Waals surface area contributed by atoms with Crippen LogP contribution in [0.2, 0.25) is 0 Å². The van der Waals surface area contributed by atoms with Gasteiger partial charge in [-0.2, -0.15) is 0 Å². The second-order valence-electron chi connectivity index (χ2n) is 6.25. The summed E-state index contributed by atoms with van der Waals surface area (Å²) >= 11 is 0. The van der Waals surface area contributed by atoms with E-state index in [1.54, 1.807) is 0 Å². The lowest BCUT2D eigenvalue weighted by Crippen LogP contribution is -2.34. The first-order chi connectivity index (χ1) is 11.5. The van der Waals surface area contributed by atoms with Crippen molar-refractivity contribution in [2.24, 2.45) is 11.7 Å². The Morgan fingerprint density at radius 3 is 2.29 bits per heavy atom. The number of esters is 1. The summed E-state index contributed by atoms with van der Waals surface area (Å²) in [7, 11) is 0. The normalized spacial score (nSPS) is 12.0. The molecule has 0 aliphatic carbocycles. The number of hydrogen-bond acceptors (Lipinski definition) is 4. The molecule has 2 rings (SSSR count). The van der Waals surface area contributed by atoms with Crippen molar-refractivity contribution in [1.29, 1.82) is 0 Å². The summed E-state index contributed by atoms with van der Waals surface area (Å²) in [5.41, 5.74) is 7.88. The third-order valence-corrected chi connectivity index (χ3v) is 3.49. The lowest BCUT2D eigenvalue weighted by Gasteiger charge is -2.13. The predicted octanol–water partition coefficient (Wildman–Crippen LogP) is 3.33. The zero-order chi connectivity index (χ0) is 17.4. The van der Waals surface area contributed by atoms with Crippen LogP contribution in [-0.4, -0.2) is 18.6 Å². The summed E-state index contributed by atoms with van der Waals surface area (Å²) in [6, 6.07) is 16.6. The van der Waals surface area contributed by atoms with Crippen molar-refractivity contribution in [3.63, 3.8) is 0 Å². The van der Waals surface area contributed by atoms with Crippen molar-refractivity contribution < 1.29 is 14.3 Å². The molecule has 0 aromatic heterocycles. The van der Waals surface area contributed by atoms with E-state index in [1.807, 2.05) is 54.6 Å². The molecule has 0 spiro atoms. The number of hydrogen-bond donors (Lipinski definition) is 1. The summed E-state index contributed by atoms with van der Waals surface area (Å²) in [6.45, 7) is 5.14. The van der Waals surface area contributed by atoms with Crippen molar-refractivity contribution in [2.75, 3.05) is 6.61 Å². The van der Waals surface area contributed by atoms with Crippen LogP contribution < -0.4 is 10.5 Å². The third-order valence-electron chi connectivity index (χ3n) is 3.49. The molecule has 0 aliphatic heterocycles. The SMILES string of the molecule is CC(C)COc1ccc(CC(N)C(=O)OCc2ccccc2)cc1. The Labute approximate surface area is 143 Å². The molecule has 0 bridgehead atoms. The highest BCUT2D eigenvalue weighted by atomic mass is 16.5. The fourth-order valence-corrected chi connectivity index (χ4v) is 2.16. The number of carbonyl (C=O) groups excluding carboxylic acids is 1. The molecule has 1 atom stereocenters. The summed E-state index contributed by atoms with van der Waals surface area (Å²) in [5.74, 6) is 0.921. The van der Waals surface area contributed by atoms with Crippen LogP contribution in [-0.2, 0) is 22.6 Å². The molecule has 2 aromatic carbocycles. The van der Waals surface area contributed by atoms with Crippen LogP contribution in [0.5, 0.6) is 5.75 Å². The number of benzene rings is 2. The minimum absolute atomic E-state index is 0.245. The zero-order valence-corrected chi connectivity index (χ0v) is 14.3. The van der Waals surface area contributed by atoms with E-state index < -0.39 is 6.04 Å². The minimum Gasteiger partial charge on any atom is -0.493 e. The van der Waals surface area contributed by atoms with Crippen LogP contribution >= 0.6 is 0 Å². The molecule has 2 aromatic rings. The highest BCUT2D eigenvalue weighted by molar-refractivity contribution is 5.75. The Morgan fingerprint density at radius 1 is 1.00 bits per heavy atom. The zero-order valence-electron chi connectivity index (χ0n) is 14.3. The third kappa shape index (κ3) is 6.05. The highest BCUT2D eigenvalue weighted by Crippen LogP contribution is 2.14. The van der Waals surface area contributed by atoms with Crippen molar-refractivity contribution in [2.45, 2.75) is 32.9 Å².